The van der Waals surface area contributed by atoms with E-state index < -0.39 is 11.9 Å². The van der Waals surface area contributed by atoms with Crippen molar-refractivity contribution in [3.05, 3.63) is 71.3 Å². The van der Waals surface area contributed by atoms with Crippen LogP contribution in [0.2, 0.25) is 5.02 Å². The molecule has 1 saturated heterocycles. The molecule has 1 unspecified atom stereocenters. The molecule has 2 aromatic carbocycles. The highest BCUT2D eigenvalue weighted by Crippen LogP contribution is 2.37. The number of fused-ring (bicyclic) bond motifs is 1. The Bertz CT molecular complexity index is 1350. The molecule has 1 N–H and O–H groups in total. The average molecular weight is 482 g/mol. The molecule has 3 heterocycles. The number of aliphatic hydroxyl groups excluding tert-OH is 1. The standard InChI is InChI=1S/C24H21ClFN5O3/c1-33-21-11-27-12-29-23(21)24(32)16-9-17(19(26)10-18(16)25)22-15-3-2-14(8-20(15)28-13-30-22)31-4-6-34-7-5-31/h2-3,8-13,24,32H,4-7H2,1H3. The maximum atomic E-state index is 15.1. The van der Waals surface area contributed by atoms with Crippen molar-refractivity contribution in [3.63, 3.8) is 0 Å². The van der Waals surface area contributed by atoms with E-state index in [1.54, 1.807) is 0 Å². The van der Waals surface area contributed by atoms with Crippen LogP contribution in [0.25, 0.3) is 22.2 Å². The molecular weight excluding hydrogens is 461 g/mol. The lowest BCUT2D eigenvalue weighted by Crippen LogP contribution is -2.36. The largest absolute Gasteiger partial charge is 0.493 e. The van der Waals surface area contributed by atoms with Crippen LogP contribution in [-0.2, 0) is 4.74 Å². The van der Waals surface area contributed by atoms with Crippen molar-refractivity contribution in [2.75, 3.05) is 38.3 Å². The van der Waals surface area contributed by atoms with Gasteiger partial charge in [0.05, 0.1) is 37.7 Å². The van der Waals surface area contributed by atoms with Gasteiger partial charge in [0.15, 0.2) is 5.75 Å². The summed E-state index contributed by atoms with van der Waals surface area (Å²) in [6, 6.07) is 8.46. The van der Waals surface area contributed by atoms with Gasteiger partial charge in [0, 0.05) is 40.3 Å². The summed E-state index contributed by atoms with van der Waals surface area (Å²) in [7, 11) is 1.45. The molecule has 174 valence electrons. The van der Waals surface area contributed by atoms with E-state index in [0.29, 0.717) is 35.6 Å². The topological polar surface area (TPSA) is 93.5 Å². The number of benzene rings is 2. The van der Waals surface area contributed by atoms with E-state index in [1.807, 2.05) is 18.2 Å². The first-order valence-corrected chi connectivity index (χ1v) is 11.0. The van der Waals surface area contributed by atoms with Crippen molar-refractivity contribution in [3.8, 4) is 17.0 Å². The fourth-order valence-corrected chi connectivity index (χ4v) is 4.32. The first kappa shape index (κ1) is 22.4. The highest BCUT2D eigenvalue weighted by atomic mass is 35.5. The number of anilines is 1. The summed E-state index contributed by atoms with van der Waals surface area (Å²) in [5, 5.41) is 11.8. The molecule has 1 aliphatic heterocycles. The van der Waals surface area contributed by atoms with Gasteiger partial charge in [-0.25, -0.2) is 24.3 Å². The normalized spacial score (nSPS) is 14.9. The van der Waals surface area contributed by atoms with Gasteiger partial charge in [-0.1, -0.05) is 11.6 Å². The predicted molar refractivity (Wildman–Crippen MR) is 126 cm³/mol. The monoisotopic (exact) mass is 481 g/mol. The number of halogens is 2. The molecule has 34 heavy (non-hydrogen) atoms. The van der Waals surface area contributed by atoms with Gasteiger partial charge >= 0.3 is 0 Å². The molecule has 0 amide bonds. The number of morpholine rings is 1. The van der Waals surface area contributed by atoms with E-state index in [0.717, 1.165) is 18.8 Å². The molecule has 0 radical (unpaired) electrons. The van der Waals surface area contributed by atoms with Crippen LogP contribution < -0.4 is 9.64 Å². The van der Waals surface area contributed by atoms with Gasteiger partial charge in [0.25, 0.3) is 0 Å². The van der Waals surface area contributed by atoms with Crippen molar-refractivity contribution in [1.29, 1.82) is 0 Å². The average Bonchev–Trinajstić information content (AvgIpc) is 2.88. The summed E-state index contributed by atoms with van der Waals surface area (Å²) in [6.45, 7) is 2.93. The van der Waals surface area contributed by atoms with E-state index in [4.69, 9.17) is 21.1 Å². The first-order valence-electron chi connectivity index (χ1n) is 10.7. The maximum Gasteiger partial charge on any atom is 0.161 e. The summed E-state index contributed by atoms with van der Waals surface area (Å²) < 4.78 is 25.8. The van der Waals surface area contributed by atoms with E-state index >= 15 is 4.39 Å². The van der Waals surface area contributed by atoms with Crippen LogP contribution in [0.3, 0.4) is 0 Å². The number of hydrogen-bond acceptors (Lipinski definition) is 8. The Morgan fingerprint density at radius 3 is 2.74 bits per heavy atom. The molecule has 10 heteroatoms. The zero-order chi connectivity index (χ0) is 23.7. The second-order valence-corrected chi connectivity index (χ2v) is 8.16. The molecular formula is C24H21ClFN5O3. The zero-order valence-electron chi connectivity index (χ0n) is 18.3. The van der Waals surface area contributed by atoms with Gasteiger partial charge in [-0.3, -0.25) is 0 Å². The fourth-order valence-electron chi connectivity index (χ4n) is 4.07. The lowest BCUT2D eigenvalue weighted by Gasteiger charge is -2.29. The van der Waals surface area contributed by atoms with Crippen LogP contribution in [0.15, 0.2) is 49.2 Å². The minimum absolute atomic E-state index is 0.0578. The van der Waals surface area contributed by atoms with E-state index in [-0.39, 0.29) is 21.8 Å². The summed E-state index contributed by atoms with van der Waals surface area (Å²) in [6.07, 6.45) is 2.88. The zero-order valence-corrected chi connectivity index (χ0v) is 19.0. The second-order valence-electron chi connectivity index (χ2n) is 7.76. The molecule has 0 saturated carbocycles. The molecule has 4 aromatic rings. The molecule has 1 aliphatic rings. The smallest absolute Gasteiger partial charge is 0.161 e. The number of aliphatic hydroxyl groups is 1. The van der Waals surface area contributed by atoms with Gasteiger partial charge in [-0.05, 0) is 30.3 Å². The van der Waals surface area contributed by atoms with Crippen LogP contribution in [0.4, 0.5) is 10.1 Å². The second kappa shape index (κ2) is 9.46. The fraction of sp³-hybridized carbons (Fsp3) is 0.250. The Morgan fingerprint density at radius 2 is 1.94 bits per heavy atom. The Labute approximate surface area is 200 Å². The van der Waals surface area contributed by atoms with Crippen LogP contribution >= 0.6 is 11.6 Å². The van der Waals surface area contributed by atoms with E-state index in [1.165, 1.54) is 38.1 Å². The predicted octanol–water partition coefficient (Wildman–Crippen LogP) is 3.81. The molecule has 8 nitrogen and oxygen atoms in total. The van der Waals surface area contributed by atoms with Crippen molar-refractivity contribution in [1.82, 2.24) is 19.9 Å². The molecule has 0 bridgehead atoms. The highest BCUT2D eigenvalue weighted by Gasteiger charge is 2.23. The van der Waals surface area contributed by atoms with E-state index in [2.05, 4.69) is 24.8 Å². The number of ether oxygens (including phenoxy) is 2. The Balaban J connectivity index is 1.59. The van der Waals surface area contributed by atoms with Gasteiger partial charge in [0.1, 0.15) is 30.3 Å². The van der Waals surface area contributed by atoms with Crippen LogP contribution in [-0.4, -0.2) is 58.5 Å². The summed E-state index contributed by atoms with van der Waals surface area (Å²) in [5.41, 5.74) is 2.78. The van der Waals surface area contributed by atoms with Crippen LogP contribution in [0, 0.1) is 5.82 Å². The minimum Gasteiger partial charge on any atom is -0.493 e. The Kier molecular flexibility index (Phi) is 6.23. The summed E-state index contributed by atoms with van der Waals surface area (Å²) >= 11 is 6.32. The molecule has 1 fully saturated rings. The first-order chi connectivity index (χ1) is 16.6. The number of rotatable bonds is 5. The lowest BCUT2D eigenvalue weighted by atomic mass is 9.99. The molecule has 0 spiro atoms. The van der Waals surface area contributed by atoms with Gasteiger partial charge in [-0.2, -0.15) is 0 Å². The number of hydrogen-bond donors (Lipinski definition) is 1. The minimum atomic E-state index is -1.26. The summed E-state index contributed by atoms with van der Waals surface area (Å²) in [4.78, 5) is 19.0. The van der Waals surface area contributed by atoms with Gasteiger partial charge in [-0.15, -0.1) is 0 Å². The maximum absolute atomic E-state index is 15.1. The molecule has 5 rings (SSSR count). The van der Waals surface area contributed by atoms with Crippen LogP contribution in [0.1, 0.15) is 17.4 Å². The third-order valence-corrected chi connectivity index (χ3v) is 6.15. The van der Waals surface area contributed by atoms with E-state index in [9.17, 15) is 5.11 Å². The third kappa shape index (κ3) is 4.13. The van der Waals surface area contributed by atoms with Crippen molar-refractivity contribution >= 4 is 28.2 Å². The van der Waals surface area contributed by atoms with Crippen LogP contribution in [0.5, 0.6) is 5.75 Å². The van der Waals surface area contributed by atoms with Gasteiger partial charge in [0.2, 0.25) is 0 Å². The Hall–Kier alpha value is -3.40. The lowest BCUT2D eigenvalue weighted by molar-refractivity contribution is 0.122. The number of aromatic nitrogens is 4. The third-order valence-electron chi connectivity index (χ3n) is 5.82. The quantitative estimate of drug-likeness (QED) is 0.460. The summed E-state index contributed by atoms with van der Waals surface area (Å²) in [5.74, 6) is -0.270. The number of methoxy groups -OCH3 is 1. The van der Waals surface area contributed by atoms with Crippen molar-refractivity contribution < 1.29 is 19.0 Å². The molecule has 0 aliphatic carbocycles. The highest BCUT2D eigenvalue weighted by molar-refractivity contribution is 6.31. The number of nitrogens with zero attached hydrogens (tertiary/aromatic N) is 5. The van der Waals surface area contributed by atoms with Gasteiger partial charge < -0.3 is 19.5 Å². The van der Waals surface area contributed by atoms with Crippen molar-refractivity contribution in [2.24, 2.45) is 0 Å². The molecule has 1 atom stereocenters. The Morgan fingerprint density at radius 1 is 1.12 bits per heavy atom. The van der Waals surface area contributed by atoms with Crippen molar-refractivity contribution in [2.45, 2.75) is 6.10 Å². The SMILES string of the molecule is COc1cncnc1C(O)c1cc(-c2ncnc3cc(N4CCOCC4)ccc23)c(F)cc1Cl. The molecule has 2 aromatic heterocycles.